The van der Waals surface area contributed by atoms with Gasteiger partial charge in [0.05, 0.1) is 6.54 Å². The minimum atomic E-state index is 0.236. The van der Waals surface area contributed by atoms with Gasteiger partial charge in [-0.05, 0) is 39.2 Å². The van der Waals surface area contributed by atoms with E-state index in [0.717, 1.165) is 58.9 Å². The SMILES string of the molecule is CC(C)(C)CCN1CCN(C(=O)CN2CCN(C(C)(C)C)CC2)CC1. The number of nitrogens with zero attached hydrogens (tertiary/aromatic N) is 4. The van der Waals surface area contributed by atoms with Crippen molar-refractivity contribution >= 4 is 5.91 Å². The Labute approximate surface area is 155 Å². The number of carbonyl (C=O) groups is 1. The molecule has 2 aliphatic heterocycles. The molecule has 0 radical (unpaired) electrons. The van der Waals surface area contributed by atoms with Crippen molar-refractivity contribution < 1.29 is 4.79 Å². The van der Waals surface area contributed by atoms with Gasteiger partial charge in [0, 0.05) is 57.9 Å². The summed E-state index contributed by atoms with van der Waals surface area (Å²) >= 11 is 0. The number of piperazine rings is 2. The van der Waals surface area contributed by atoms with Crippen molar-refractivity contribution in [2.45, 2.75) is 53.5 Å². The minimum Gasteiger partial charge on any atom is -0.339 e. The van der Waals surface area contributed by atoms with Gasteiger partial charge in [0.15, 0.2) is 0 Å². The molecule has 0 spiro atoms. The third-order valence-corrected chi connectivity index (χ3v) is 5.58. The second kappa shape index (κ2) is 8.36. The Bertz CT molecular complexity index is 422. The van der Waals surface area contributed by atoms with E-state index >= 15 is 0 Å². The van der Waals surface area contributed by atoms with Crippen LogP contribution in [0.15, 0.2) is 0 Å². The van der Waals surface area contributed by atoms with Gasteiger partial charge >= 0.3 is 0 Å². The van der Waals surface area contributed by atoms with E-state index in [9.17, 15) is 4.79 Å². The molecule has 0 aromatic rings. The maximum atomic E-state index is 12.6. The smallest absolute Gasteiger partial charge is 0.236 e. The van der Waals surface area contributed by atoms with Crippen molar-refractivity contribution in [1.82, 2.24) is 19.6 Å². The predicted octanol–water partition coefficient (Wildman–Crippen LogP) is 1.98. The molecule has 5 nitrogen and oxygen atoms in total. The van der Waals surface area contributed by atoms with Gasteiger partial charge in [0.2, 0.25) is 5.91 Å². The molecule has 2 saturated heterocycles. The van der Waals surface area contributed by atoms with Gasteiger partial charge in [0.25, 0.3) is 0 Å². The van der Waals surface area contributed by atoms with Crippen LogP contribution >= 0.6 is 0 Å². The van der Waals surface area contributed by atoms with Crippen LogP contribution in [0.1, 0.15) is 48.0 Å². The molecule has 0 saturated carbocycles. The highest BCUT2D eigenvalue weighted by atomic mass is 16.2. The van der Waals surface area contributed by atoms with E-state index in [1.54, 1.807) is 0 Å². The summed E-state index contributed by atoms with van der Waals surface area (Å²) in [5, 5.41) is 0. The third-order valence-electron chi connectivity index (χ3n) is 5.58. The Kier molecular flexibility index (Phi) is 6.91. The van der Waals surface area contributed by atoms with E-state index in [1.165, 1.54) is 6.42 Å². The first-order chi connectivity index (χ1) is 11.5. The van der Waals surface area contributed by atoms with Gasteiger partial charge in [-0.2, -0.15) is 0 Å². The van der Waals surface area contributed by atoms with Gasteiger partial charge in [0.1, 0.15) is 0 Å². The molecule has 0 N–H and O–H groups in total. The number of amides is 1. The van der Waals surface area contributed by atoms with Crippen LogP contribution in [-0.4, -0.2) is 96.5 Å². The molecule has 0 aliphatic carbocycles. The topological polar surface area (TPSA) is 30.0 Å². The number of carbonyl (C=O) groups excluding carboxylic acids is 1. The predicted molar refractivity (Wildman–Crippen MR) is 105 cm³/mol. The molecule has 0 aromatic heterocycles. The largest absolute Gasteiger partial charge is 0.339 e. The molecule has 0 unspecified atom stereocenters. The van der Waals surface area contributed by atoms with Crippen molar-refractivity contribution in [3.63, 3.8) is 0 Å². The molecule has 5 heteroatoms. The first kappa shape index (κ1) is 20.7. The molecular weight excluding hydrogens is 312 g/mol. The van der Waals surface area contributed by atoms with Crippen molar-refractivity contribution in [2.75, 3.05) is 65.4 Å². The average molecular weight is 353 g/mol. The summed E-state index contributed by atoms with van der Waals surface area (Å²) < 4.78 is 0. The van der Waals surface area contributed by atoms with E-state index in [1.807, 2.05) is 0 Å². The summed E-state index contributed by atoms with van der Waals surface area (Å²) in [5.74, 6) is 0.319. The Morgan fingerprint density at radius 1 is 0.760 bits per heavy atom. The molecule has 2 rings (SSSR count). The van der Waals surface area contributed by atoms with Gasteiger partial charge in [-0.25, -0.2) is 0 Å². The van der Waals surface area contributed by atoms with E-state index < -0.39 is 0 Å². The van der Waals surface area contributed by atoms with Crippen LogP contribution in [0.3, 0.4) is 0 Å². The maximum Gasteiger partial charge on any atom is 0.236 e. The number of hydrogen-bond acceptors (Lipinski definition) is 4. The normalized spacial score (nSPS) is 22.4. The molecule has 0 aromatic carbocycles. The minimum absolute atomic E-state index is 0.236. The molecule has 146 valence electrons. The lowest BCUT2D eigenvalue weighted by molar-refractivity contribution is -0.134. The molecule has 25 heavy (non-hydrogen) atoms. The Morgan fingerprint density at radius 2 is 1.28 bits per heavy atom. The lowest BCUT2D eigenvalue weighted by Crippen LogP contribution is -2.56. The van der Waals surface area contributed by atoms with Crippen LogP contribution in [0.2, 0.25) is 0 Å². The van der Waals surface area contributed by atoms with Crippen molar-refractivity contribution in [3.05, 3.63) is 0 Å². The monoisotopic (exact) mass is 352 g/mol. The zero-order valence-electron chi connectivity index (χ0n) is 17.5. The van der Waals surface area contributed by atoms with E-state index in [0.29, 0.717) is 17.9 Å². The standard InChI is InChI=1S/C20H40N4O/c1-19(2,3)7-8-21-9-13-23(14-10-21)18(25)17-22-11-15-24(16-12-22)20(4,5)6/h7-17H2,1-6H3. The fraction of sp³-hybridized carbons (Fsp3) is 0.950. The first-order valence-corrected chi connectivity index (χ1v) is 10.0. The van der Waals surface area contributed by atoms with Crippen molar-refractivity contribution in [1.29, 1.82) is 0 Å². The molecule has 1 amide bonds. The van der Waals surface area contributed by atoms with Crippen LogP contribution in [0.4, 0.5) is 0 Å². The Balaban J connectivity index is 1.68. The highest BCUT2D eigenvalue weighted by molar-refractivity contribution is 5.78. The number of rotatable bonds is 4. The fourth-order valence-electron chi connectivity index (χ4n) is 3.58. The van der Waals surface area contributed by atoms with Crippen LogP contribution in [0.5, 0.6) is 0 Å². The first-order valence-electron chi connectivity index (χ1n) is 10.0. The van der Waals surface area contributed by atoms with E-state index in [4.69, 9.17) is 0 Å². The van der Waals surface area contributed by atoms with Crippen LogP contribution in [-0.2, 0) is 4.79 Å². The zero-order valence-corrected chi connectivity index (χ0v) is 17.5. The maximum absolute atomic E-state index is 12.6. The van der Waals surface area contributed by atoms with Gasteiger partial charge in [-0.3, -0.25) is 19.5 Å². The average Bonchev–Trinajstić information content (AvgIpc) is 2.52. The van der Waals surface area contributed by atoms with Gasteiger partial charge in [-0.1, -0.05) is 20.8 Å². The molecule has 2 heterocycles. The Morgan fingerprint density at radius 3 is 1.76 bits per heavy atom. The highest BCUT2D eigenvalue weighted by Gasteiger charge is 2.28. The van der Waals surface area contributed by atoms with E-state index in [-0.39, 0.29) is 5.54 Å². The van der Waals surface area contributed by atoms with Gasteiger partial charge < -0.3 is 4.90 Å². The van der Waals surface area contributed by atoms with Crippen molar-refractivity contribution in [3.8, 4) is 0 Å². The summed E-state index contributed by atoms with van der Waals surface area (Å²) in [5.41, 5.74) is 0.627. The van der Waals surface area contributed by atoms with Crippen LogP contribution in [0, 0.1) is 5.41 Å². The number of hydrogen-bond donors (Lipinski definition) is 0. The molecule has 0 atom stereocenters. The third kappa shape index (κ3) is 6.87. The highest BCUT2D eigenvalue weighted by Crippen LogP contribution is 2.19. The summed E-state index contributed by atoms with van der Waals surface area (Å²) in [6.07, 6.45) is 1.22. The molecule has 0 bridgehead atoms. The second-order valence-electron chi connectivity index (χ2n) is 9.97. The summed E-state index contributed by atoms with van der Waals surface area (Å²) in [6.45, 7) is 23.4. The molecule has 2 fully saturated rings. The molecular formula is C20H40N4O. The Hall–Kier alpha value is -0.650. The van der Waals surface area contributed by atoms with Gasteiger partial charge in [-0.15, -0.1) is 0 Å². The zero-order chi connectivity index (χ0) is 18.7. The lowest BCUT2D eigenvalue weighted by Gasteiger charge is -2.42. The van der Waals surface area contributed by atoms with Crippen LogP contribution in [0.25, 0.3) is 0 Å². The molecule has 2 aliphatic rings. The quantitative estimate of drug-likeness (QED) is 0.774. The fourth-order valence-corrected chi connectivity index (χ4v) is 3.58. The summed E-state index contributed by atoms with van der Waals surface area (Å²) in [4.78, 5) is 22.1. The van der Waals surface area contributed by atoms with E-state index in [2.05, 4.69) is 61.1 Å². The van der Waals surface area contributed by atoms with Crippen molar-refractivity contribution in [2.24, 2.45) is 5.41 Å². The van der Waals surface area contributed by atoms with Crippen LogP contribution < -0.4 is 0 Å². The lowest BCUT2D eigenvalue weighted by atomic mass is 9.92. The second-order valence-corrected chi connectivity index (χ2v) is 9.97. The summed E-state index contributed by atoms with van der Waals surface area (Å²) in [6, 6.07) is 0. The summed E-state index contributed by atoms with van der Waals surface area (Å²) in [7, 11) is 0.